The molecule has 0 atom stereocenters. The van der Waals surface area contributed by atoms with E-state index in [9.17, 15) is 4.79 Å². The van der Waals surface area contributed by atoms with Crippen molar-refractivity contribution in [1.82, 2.24) is 24.6 Å². The maximum atomic E-state index is 12.2. The lowest BCUT2D eigenvalue weighted by Gasteiger charge is -2.36. The van der Waals surface area contributed by atoms with Crippen molar-refractivity contribution in [2.24, 2.45) is 0 Å². The van der Waals surface area contributed by atoms with Crippen molar-refractivity contribution < 1.29 is 9.53 Å². The smallest absolute Gasteiger partial charge is 0.410 e. The van der Waals surface area contributed by atoms with Crippen molar-refractivity contribution in [3.8, 4) is 5.69 Å². The van der Waals surface area contributed by atoms with E-state index in [1.54, 1.807) is 22.1 Å². The van der Waals surface area contributed by atoms with Crippen molar-refractivity contribution in [2.75, 3.05) is 31.1 Å². The SMILES string of the molecule is CC(C)(C)OC(=O)N1CCN(c2ncc(Br)cc2-n2cncn2)CC1. The number of carbonyl (C=O) groups is 1. The first-order valence-electron chi connectivity index (χ1n) is 8.07. The highest BCUT2D eigenvalue weighted by atomic mass is 79.9. The van der Waals surface area contributed by atoms with E-state index in [1.807, 2.05) is 26.8 Å². The molecule has 0 aliphatic carbocycles. The Balaban J connectivity index is 1.73. The maximum absolute atomic E-state index is 12.2. The summed E-state index contributed by atoms with van der Waals surface area (Å²) >= 11 is 3.45. The van der Waals surface area contributed by atoms with Gasteiger partial charge < -0.3 is 14.5 Å². The number of halogens is 1. The van der Waals surface area contributed by atoms with Gasteiger partial charge in [0.15, 0.2) is 5.82 Å². The Morgan fingerprint density at radius 3 is 2.56 bits per heavy atom. The van der Waals surface area contributed by atoms with Crippen LogP contribution in [0.25, 0.3) is 5.69 Å². The highest BCUT2D eigenvalue weighted by molar-refractivity contribution is 9.10. The Labute approximate surface area is 154 Å². The summed E-state index contributed by atoms with van der Waals surface area (Å²) in [5.74, 6) is 0.817. The second kappa shape index (κ2) is 6.99. The Morgan fingerprint density at radius 2 is 1.96 bits per heavy atom. The van der Waals surface area contributed by atoms with E-state index in [-0.39, 0.29) is 6.09 Å². The number of nitrogens with zero attached hydrogens (tertiary/aromatic N) is 6. The largest absolute Gasteiger partial charge is 0.444 e. The molecule has 25 heavy (non-hydrogen) atoms. The van der Waals surface area contributed by atoms with Gasteiger partial charge in [0, 0.05) is 36.8 Å². The van der Waals surface area contributed by atoms with Crippen LogP contribution in [0.2, 0.25) is 0 Å². The van der Waals surface area contributed by atoms with Crippen molar-refractivity contribution in [2.45, 2.75) is 26.4 Å². The predicted octanol–water partition coefficient (Wildman–Crippen LogP) is 2.48. The van der Waals surface area contributed by atoms with Gasteiger partial charge >= 0.3 is 6.09 Å². The minimum atomic E-state index is -0.484. The summed E-state index contributed by atoms with van der Waals surface area (Å²) < 4.78 is 8.00. The van der Waals surface area contributed by atoms with Crippen LogP contribution in [0.4, 0.5) is 10.6 Å². The highest BCUT2D eigenvalue weighted by Gasteiger charge is 2.27. The molecule has 1 saturated heterocycles. The second-order valence-corrected chi connectivity index (χ2v) is 7.71. The Bertz CT molecular complexity index is 736. The van der Waals surface area contributed by atoms with Crippen LogP contribution < -0.4 is 4.90 Å². The number of hydrogen-bond donors (Lipinski definition) is 0. The van der Waals surface area contributed by atoms with Gasteiger partial charge in [-0.05, 0) is 42.8 Å². The van der Waals surface area contributed by atoms with E-state index in [0.717, 1.165) is 16.0 Å². The molecule has 0 unspecified atom stereocenters. The molecular weight excluding hydrogens is 388 g/mol. The number of ether oxygens (including phenoxy) is 1. The number of pyridine rings is 1. The molecule has 1 amide bonds. The van der Waals surface area contributed by atoms with Crippen molar-refractivity contribution in [3.05, 3.63) is 29.4 Å². The Kier molecular flexibility index (Phi) is 4.94. The summed E-state index contributed by atoms with van der Waals surface area (Å²) in [6, 6.07) is 1.96. The van der Waals surface area contributed by atoms with Gasteiger partial charge in [-0.2, -0.15) is 5.10 Å². The fourth-order valence-corrected chi connectivity index (χ4v) is 2.91. The lowest BCUT2D eigenvalue weighted by atomic mass is 10.2. The zero-order valence-electron chi connectivity index (χ0n) is 14.5. The highest BCUT2D eigenvalue weighted by Crippen LogP contribution is 2.25. The van der Waals surface area contributed by atoms with E-state index in [2.05, 4.69) is 35.9 Å². The zero-order chi connectivity index (χ0) is 18.0. The van der Waals surface area contributed by atoms with Crippen LogP contribution in [0.3, 0.4) is 0 Å². The third-order valence-corrected chi connectivity index (χ3v) is 4.14. The molecule has 0 aromatic carbocycles. The third-order valence-electron chi connectivity index (χ3n) is 3.71. The number of carbonyl (C=O) groups excluding carboxylic acids is 1. The minimum absolute atomic E-state index is 0.271. The molecule has 134 valence electrons. The van der Waals surface area contributed by atoms with Gasteiger partial charge in [-0.25, -0.2) is 19.4 Å². The number of aromatic nitrogens is 4. The Morgan fingerprint density at radius 1 is 1.24 bits per heavy atom. The van der Waals surface area contributed by atoms with E-state index >= 15 is 0 Å². The molecule has 9 heteroatoms. The van der Waals surface area contributed by atoms with Crippen LogP contribution in [0.5, 0.6) is 0 Å². The number of hydrogen-bond acceptors (Lipinski definition) is 6. The molecule has 2 aromatic rings. The fraction of sp³-hybridized carbons (Fsp3) is 0.500. The quantitative estimate of drug-likeness (QED) is 0.759. The molecule has 3 rings (SSSR count). The topological polar surface area (TPSA) is 76.4 Å². The molecule has 0 bridgehead atoms. The summed E-state index contributed by atoms with van der Waals surface area (Å²) in [5.41, 5.74) is 0.361. The van der Waals surface area contributed by atoms with Gasteiger partial charge in [0.2, 0.25) is 0 Å². The lowest BCUT2D eigenvalue weighted by molar-refractivity contribution is 0.0240. The average molecular weight is 409 g/mol. The van der Waals surface area contributed by atoms with Gasteiger partial charge in [-0.1, -0.05) is 0 Å². The van der Waals surface area contributed by atoms with E-state index in [1.165, 1.54) is 6.33 Å². The Hall–Kier alpha value is -2.16. The summed E-state index contributed by atoms with van der Waals surface area (Å²) in [6.45, 7) is 8.14. The van der Waals surface area contributed by atoms with Crippen LogP contribution >= 0.6 is 15.9 Å². The predicted molar refractivity (Wildman–Crippen MR) is 96.9 cm³/mol. The van der Waals surface area contributed by atoms with Crippen molar-refractivity contribution in [1.29, 1.82) is 0 Å². The monoisotopic (exact) mass is 408 g/mol. The minimum Gasteiger partial charge on any atom is -0.444 e. The second-order valence-electron chi connectivity index (χ2n) is 6.79. The van der Waals surface area contributed by atoms with Crippen molar-refractivity contribution in [3.63, 3.8) is 0 Å². The molecule has 8 nitrogen and oxygen atoms in total. The summed E-state index contributed by atoms with van der Waals surface area (Å²) in [4.78, 5) is 24.6. The number of rotatable bonds is 2. The van der Waals surface area contributed by atoms with Crippen LogP contribution in [0.15, 0.2) is 29.4 Å². The number of amides is 1. The number of anilines is 1. The van der Waals surface area contributed by atoms with E-state index in [4.69, 9.17) is 4.74 Å². The van der Waals surface area contributed by atoms with Gasteiger partial charge in [-0.15, -0.1) is 0 Å². The molecule has 1 aliphatic heterocycles. The molecule has 1 fully saturated rings. The summed E-state index contributed by atoms with van der Waals surface area (Å²) in [5, 5.41) is 4.20. The molecule has 2 aromatic heterocycles. The summed E-state index contributed by atoms with van der Waals surface area (Å²) in [7, 11) is 0. The molecule has 0 radical (unpaired) electrons. The first kappa shape index (κ1) is 17.7. The molecular formula is C16H21BrN6O2. The fourth-order valence-electron chi connectivity index (χ4n) is 2.59. The standard InChI is InChI=1S/C16H21BrN6O2/c1-16(2,3)25-15(24)22-6-4-21(5-7-22)14-13(8-12(17)9-19-14)23-11-18-10-20-23/h8-11H,4-7H2,1-3H3. The summed E-state index contributed by atoms with van der Waals surface area (Å²) in [6.07, 6.45) is 4.62. The molecule has 3 heterocycles. The average Bonchev–Trinajstić information content (AvgIpc) is 3.08. The molecule has 0 saturated carbocycles. The number of piperazine rings is 1. The van der Waals surface area contributed by atoms with Crippen LogP contribution in [-0.4, -0.2) is 62.5 Å². The van der Waals surface area contributed by atoms with Crippen LogP contribution in [0.1, 0.15) is 20.8 Å². The lowest BCUT2D eigenvalue weighted by Crippen LogP contribution is -2.50. The van der Waals surface area contributed by atoms with Crippen LogP contribution in [0, 0.1) is 0 Å². The molecule has 0 spiro atoms. The molecule has 1 aliphatic rings. The first-order chi connectivity index (χ1) is 11.8. The first-order valence-corrected chi connectivity index (χ1v) is 8.86. The van der Waals surface area contributed by atoms with Gasteiger partial charge in [0.25, 0.3) is 0 Å². The van der Waals surface area contributed by atoms with E-state index < -0.39 is 5.60 Å². The normalized spacial score (nSPS) is 15.4. The molecule has 0 N–H and O–H groups in total. The zero-order valence-corrected chi connectivity index (χ0v) is 16.1. The van der Waals surface area contributed by atoms with Gasteiger partial charge in [0.05, 0.1) is 0 Å². The maximum Gasteiger partial charge on any atom is 0.410 e. The van der Waals surface area contributed by atoms with Gasteiger partial charge in [-0.3, -0.25) is 0 Å². The van der Waals surface area contributed by atoms with E-state index in [0.29, 0.717) is 26.2 Å². The third kappa shape index (κ3) is 4.28. The van der Waals surface area contributed by atoms with Gasteiger partial charge in [0.1, 0.15) is 23.9 Å². The van der Waals surface area contributed by atoms with Crippen molar-refractivity contribution >= 4 is 27.8 Å². The van der Waals surface area contributed by atoms with Crippen LogP contribution in [-0.2, 0) is 4.74 Å².